The number of carbonyl (C=O) groups is 1. The number of carboxylic acids is 1. The van der Waals surface area contributed by atoms with Gasteiger partial charge in [-0.2, -0.15) is 0 Å². The van der Waals surface area contributed by atoms with Crippen molar-refractivity contribution in [2.24, 2.45) is 5.73 Å². The van der Waals surface area contributed by atoms with Crippen molar-refractivity contribution in [1.29, 1.82) is 5.41 Å². The van der Waals surface area contributed by atoms with Crippen molar-refractivity contribution >= 4 is 22.0 Å². The van der Waals surface area contributed by atoms with Gasteiger partial charge >= 0.3 is 0 Å². The zero-order valence-corrected chi connectivity index (χ0v) is 10.8. The fourth-order valence-electron chi connectivity index (χ4n) is 0.921. The van der Waals surface area contributed by atoms with E-state index in [-0.39, 0.29) is 4.90 Å². The van der Waals surface area contributed by atoms with Crippen molar-refractivity contribution in [2.45, 2.75) is 18.7 Å². The second kappa shape index (κ2) is 6.60. The van der Waals surface area contributed by atoms with E-state index >= 15 is 0 Å². The molecular formula is C10H15N3O4S. The molecule has 0 aliphatic rings. The van der Waals surface area contributed by atoms with Crippen LogP contribution in [0.1, 0.15) is 12.5 Å². The van der Waals surface area contributed by atoms with Crippen LogP contribution in [-0.4, -0.2) is 25.5 Å². The van der Waals surface area contributed by atoms with Crippen molar-refractivity contribution in [3.8, 4) is 0 Å². The number of hydrogen-bond donors (Lipinski definition) is 4. The molecule has 0 spiro atoms. The van der Waals surface area contributed by atoms with Gasteiger partial charge in [0.2, 0.25) is 0 Å². The van der Waals surface area contributed by atoms with Crippen molar-refractivity contribution in [3.05, 3.63) is 29.8 Å². The van der Waals surface area contributed by atoms with Gasteiger partial charge in [-0.15, -0.1) is 0 Å². The summed E-state index contributed by atoms with van der Waals surface area (Å²) < 4.78 is 24.7. The predicted octanol–water partition coefficient (Wildman–Crippen LogP) is 0.258. The Bertz CT molecular complexity index is 519. The quantitative estimate of drug-likeness (QED) is 0.453. The number of rotatable bonds is 2. The Kier molecular flexibility index (Phi) is 5.83. The van der Waals surface area contributed by atoms with E-state index in [0.717, 1.165) is 12.5 Å². The van der Waals surface area contributed by atoms with Gasteiger partial charge in [0.1, 0.15) is 0 Å². The van der Waals surface area contributed by atoms with Crippen LogP contribution in [0.3, 0.4) is 0 Å². The highest BCUT2D eigenvalue weighted by molar-refractivity contribution is 7.90. The molecule has 7 nitrogen and oxygen atoms in total. The summed E-state index contributed by atoms with van der Waals surface area (Å²) in [6.45, 7) is 2.94. The lowest BCUT2D eigenvalue weighted by atomic mass is 10.2. The highest BCUT2D eigenvalue weighted by atomic mass is 32.2. The van der Waals surface area contributed by atoms with Gasteiger partial charge in [-0.25, -0.2) is 13.1 Å². The number of carboxylic acid groups (broad SMARTS) is 1. The van der Waals surface area contributed by atoms with E-state index < -0.39 is 22.0 Å². The molecule has 0 heterocycles. The SMILES string of the molecule is CC(=O)O.Cc1ccc(S(=O)(=O)NC(=N)N)cc1. The number of hydrogen-bond acceptors (Lipinski definition) is 4. The smallest absolute Gasteiger partial charge is 0.300 e. The number of aryl methyl sites for hydroxylation is 1. The lowest BCUT2D eigenvalue weighted by molar-refractivity contribution is -0.134. The van der Waals surface area contributed by atoms with Crippen LogP contribution in [0.15, 0.2) is 29.2 Å². The molecule has 0 radical (unpaired) electrons. The van der Waals surface area contributed by atoms with Crippen LogP contribution in [0, 0.1) is 12.3 Å². The van der Waals surface area contributed by atoms with Gasteiger partial charge in [0.15, 0.2) is 5.96 Å². The first-order chi connectivity index (χ1) is 8.15. The summed E-state index contributed by atoms with van der Waals surface area (Å²) >= 11 is 0. The van der Waals surface area contributed by atoms with Crippen LogP contribution < -0.4 is 10.5 Å². The Hall–Kier alpha value is -2.09. The summed E-state index contributed by atoms with van der Waals surface area (Å²) in [4.78, 5) is 9.10. The summed E-state index contributed by atoms with van der Waals surface area (Å²) in [5, 5.41) is 14.2. The standard InChI is InChI=1S/C8H11N3O2S.C2H4O2/c1-6-2-4-7(5-3-6)14(12,13)11-8(9)10;1-2(3)4/h2-5H,1H3,(H4,9,10,11);1H3,(H,3,4). The third-order valence-corrected chi connectivity index (χ3v) is 2.96. The number of aliphatic carboxylic acids is 1. The maximum atomic E-state index is 11.4. The fraction of sp³-hybridized carbons (Fsp3) is 0.200. The Labute approximate surface area is 105 Å². The van der Waals surface area contributed by atoms with Gasteiger partial charge < -0.3 is 10.8 Å². The monoisotopic (exact) mass is 273 g/mol. The van der Waals surface area contributed by atoms with Gasteiger partial charge in [0.25, 0.3) is 16.0 Å². The molecule has 0 unspecified atom stereocenters. The van der Waals surface area contributed by atoms with Crippen LogP contribution in [0.4, 0.5) is 0 Å². The van der Waals surface area contributed by atoms with Crippen LogP contribution in [0.5, 0.6) is 0 Å². The average Bonchev–Trinajstić information content (AvgIpc) is 2.15. The first-order valence-electron chi connectivity index (χ1n) is 4.78. The summed E-state index contributed by atoms with van der Waals surface area (Å²) in [5.74, 6) is -1.43. The molecule has 0 aromatic heterocycles. The van der Waals surface area contributed by atoms with E-state index in [0.29, 0.717) is 0 Å². The molecular weight excluding hydrogens is 258 g/mol. The summed E-state index contributed by atoms with van der Waals surface area (Å²) in [5.41, 5.74) is 5.90. The molecule has 1 rings (SSSR count). The van der Waals surface area contributed by atoms with E-state index in [4.69, 9.17) is 21.0 Å². The van der Waals surface area contributed by atoms with E-state index in [1.807, 2.05) is 11.6 Å². The topological polar surface area (TPSA) is 133 Å². The van der Waals surface area contributed by atoms with Crippen molar-refractivity contribution in [1.82, 2.24) is 4.72 Å². The van der Waals surface area contributed by atoms with Gasteiger partial charge in [0.05, 0.1) is 4.90 Å². The molecule has 5 N–H and O–H groups in total. The normalized spacial score (nSPS) is 9.89. The lowest BCUT2D eigenvalue weighted by Gasteiger charge is -2.05. The van der Waals surface area contributed by atoms with Crippen LogP contribution in [0.2, 0.25) is 0 Å². The molecule has 0 amide bonds. The minimum atomic E-state index is -3.68. The second-order valence-electron chi connectivity index (χ2n) is 3.35. The number of guanidine groups is 1. The largest absolute Gasteiger partial charge is 0.481 e. The van der Waals surface area contributed by atoms with E-state index in [2.05, 4.69) is 0 Å². The minimum Gasteiger partial charge on any atom is -0.481 e. The third kappa shape index (κ3) is 6.48. The maximum absolute atomic E-state index is 11.4. The van der Waals surface area contributed by atoms with Gasteiger partial charge in [0, 0.05) is 6.92 Å². The fourth-order valence-corrected chi connectivity index (χ4v) is 1.82. The number of nitrogens with one attached hydrogen (secondary N) is 2. The minimum absolute atomic E-state index is 0.0956. The van der Waals surface area contributed by atoms with Crippen LogP contribution in [0.25, 0.3) is 0 Å². The molecule has 0 bridgehead atoms. The zero-order valence-electron chi connectivity index (χ0n) is 9.97. The Morgan fingerprint density at radius 3 is 2.06 bits per heavy atom. The molecule has 8 heteroatoms. The van der Waals surface area contributed by atoms with Gasteiger partial charge in [-0.3, -0.25) is 10.2 Å². The predicted molar refractivity (Wildman–Crippen MR) is 66.7 cm³/mol. The van der Waals surface area contributed by atoms with E-state index in [9.17, 15) is 8.42 Å². The second-order valence-corrected chi connectivity index (χ2v) is 5.03. The summed E-state index contributed by atoms with van der Waals surface area (Å²) in [7, 11) is -3.68. The van der Waals surface area contributed by atoms with E-state index in [1.54, 1.807) is 12.1 Å². The highest BCUT2D eigenvalue weighted by Gasteiger charge is 2.13. The molecule has 0 aliphatic carbocycles. The first-order valence-corrected chi connectivity index (χ1v) is 6.26. The first kappa shape index (κ1) is 15.9. The third-order valence-electron chi connectivity index (χ3n) is 1.58. The van der Waals surface area contributed by atoms with Crippen molar-refractivity contribution < 1.29 is 18.3 Å². The van der Waals surface area contributed by atoms with Crippen molar-refractivity contribution in [3.63, 3.8) is 0 Å². The average molecular weight is 273 g/mol. The Balaban J connectivity index is 0.000000631. The molecule has 0 fully saturated rings. The Morgan fingerprint density at radius 1 is 1.33 bits per heavy atom. The Morgan fingerprint density at radius 2 is 1.72 bits per heavy atom. The number of sulfonamides is 1. The summed E-state index contributed by atoms with van der Waals surface area (Å²) in [6.07, 6.45) is 0. The molecule has 0 saturated heterocycles. The molecule has 1 aromatic rings. The highest BCUT2D eigenvalue weighted by Crippen LogP contribution is 2.09. The molecule has 100 valence electrons. The van der Waals surface area contributed by atoms with E-state index in [1.165, 1.54) is 12.1 Å². The summed E-state index contributed by atoms with van der Waals surface area (Å²) in [6, 6.07) is 6.27. The number of nitrogens with two attached hydrogens (primary N) is 1. The van der Waals surface area contributed by atoms with Gasteiger partial charge in [-0.05, 0) is 19.1 Å². The number of benzene rings is 1. The maximum Gasteiger partial charge on any atom is 0.300 e. The molecule has 18 heavy (non-hydrogen) atoms. The van der Waals surface area contributed by atoms with Crippen molar-refractivity contribution in [2.75, 3.05) is 0 Å². The molecule has 0 saturated carbocycles. The van der Waals surface area contributed by atoms with Crippen LogP contribution in [-0.2, 0) is 14.8 Å². The molecule has 1 aromatic carbocycles. The van der Waals surface area contributed by atoms with Crippen LogP contribution >= 0.6 is 0 Å². The molecule has 0 atom stereocenters. The molecule has 0 aliphatic heterocycles. The van der Waals surface area contributed by atoms with Gasteiger partial charge in [-0.1, -0.05) is 17.7 Å². The zero-order chi connectivity index (χ0) is 14.3. The lowest BCUT2D eigenvalue weighted by Crippen LogP contribution is -2.35.